The van der Waals surface area contributed by atoms with E-state index in [0.29, 0.717) is 0 Å². The average Bonchev–Trinajstić information content (AvgIpc) is 2.48. The summed E-state index contributed by atoms with van der Waals surface area (Å²) >= 11 is 0. The third-order valence-electron chi connectivity index (χ3n) is 3.93. The van der Waals surface area contributed by atoms with Crippen molar-refractivity contribution in [3.63, 3.8) is 0 Å². The summed E-state index contributed by atoms with van der Waals surface area (Å²) in [6.07, 6.45) is 5.72. The summed E-state index contributed by atoms with van der Waals surface area (Å²) in [5.41, 5.74) is 1.09. The molecule has 1 saturated carbocycles. The lowest BCUT2D eigenvalue weighted by atomic mass is 9.88. The SMILES string of the molecule is COc1cccc([C@@H](C)NC(=O)C2CCCCC2)c1. The fraction of sp³-hybridized carbons (Fsp3) is 0.562. The highest BCUT2D eigenvalue weighted by Crippen LogP contribution is 2.25. The molecule has 3 heteroatoms. The molecule has 0 unspecified atom stereocenters. The maximum absolute atomic E-state index is 12.2. The zero-order chi connectivity index (χ0) is 13.7. The minimum atomic E-state index is 0.0320. The molecule has 1 N–H and O–H groups in total. The Bertz CT molecular complexity index is 425. The molecule has 1 aromatic carbocycles. The number of hydrogen-bond donors (Lipinski definition) is 1. The van der Waals surface area contributed by atoms with E-state index in [2.05, 4.69) is 5.32 Å². The predicted octanol–water partition coefficient (Wildman–Crippen LogP) is 3.45. The molecule has 2 rings (SSSR count). The molecular formula is C16H23NO2. The number of benzene rings is 1. The molecule has 1 aromatic rings. The van der Waals surface area contributed by atoms with Crippen LogP contribution in [-0.2, 0) is 4.79 Å². The van der Waals surface area contributed by atoms with Crippen molar-refractivity contribution in [1.82, 2.24) is 5.32 Å². The first-order valence-corrected chi connectivity index (χ1v) is 7.15. The lowest BCUT2D eigenvalue weighted by Crippen LogP contribution is -2.33. The van der Waals surface area contributed by atoms with E-state index in [-0.39, 0.29) is 17.9 Å². The third kappa shape index (κ3) is 3.72. The van der Waals surface area contributed by atoms with E-state index in [1.165, 1.54) is 19.3 Å². The molecule has 0 bridgehead atoms. The smallest absolute Gasteiger partial charge is 0.223 e. The fourth-order valence-electron chi connectivity index (χ4n) is 2.69. The Morgan fingerprint density at radius 1 is 1.32 bits per heavy atom. The van der Waals surface area contributed by atoms with E-state index in [0.717, 1.165) is 24.2 Å². The lowest BCUT2D eigenvalue weighted by Gasteiger charge is -2.23. The quantitative estimate of drug-likeness (QED) is 0.901. The molecule has 0 aliphatic heterocycles. The molecule has 19 heavy (non-hydrogen) atoms. The maximum Gasteiger partial charge on any atom is 0.223 e. The van der Waals surface area contributed by atoms with Gasteiger partial charge in [-0.05, 0) is 37.5 Å². The average molecular weight is 261 g/mol. The topological polar surface area (TPSA) is 38.3 Å². The number of hydrogen-bond acceptors (Lipinski definition) is 2. The van der Waals surface area contributed by atoms with Crippen LogP contribution in [0.3, 0.4) is 0 Å². The Morgan fingerprint density at radius 2 is 2.05 bits per heavy atom. The van der Waals surface area contributed by atoms with Crippen LogP contribution in [0.15, 0.2) is 24.3 Å². The van der Waals surface area contributed by atoms with Gasteiger partial charge in [0.15, 0.2) is 0 Å². The van der Waals surface area contributed by atoms with E-state index >= 15 is 0 Å². The molecule has 0 saturated heterocycles. The molecule has 1 atom stereocenters. The molecular weight excluding hydrogens is 238 g/mol. The lowest BCUT2D eigenvalue weighted by molar-refractivity contribution is -0.126. The van der Waals surface area contributed by atoms with Crippen molar-refractivity contribution in [1.29, 1.82) is 0 Å². The number of ether oxygens (including phenoxy) is 1. The second-order valence-corrected chi connectivity index (χ2v) is 5.34. The summed E-state index contributed by atoms with van der Waals surface area (Å²) in [6, 6.07) is 7.90. The summed E-state index contributed by atoms with van der Waals surface area (Å²) < 4.78 is 5.21. The first kappa shape index (κ1) is 13.9. The number of rotatable bonds is 4. The summed E-state index contributed by atoms with van der Waals surface area (Å²) in [5, 5.41) is 3.12. The zero-order valence-corrected chi connectivity index (χ0v) is 11.8. The molecule has 3 nitrogen and oxygen atoms in total. The van der Waals surface area contributed by atoms with Crippen molar-refractivity contribution in [2.75, 3.05) is 7.11 Å². The van der Waals surface area contributed by atoms with Crippen LogP contribution in [0.4, 0.5) is 0 Å². The summed E-state index contributed by atoms with van der Waals surface area (Å²) in [4.78, 5) is 12.2. The van der Waals surface area contributed by atoms with Gasteiger partial charge in [0.1, 0.15) is 5.75 Å². The molecule has 0 radical (unpaired) electrons. The number of methoxy groups -OCH3 is 1. The summed E-state index contributed by atoms with van der Waals surface area (Å²) in [7, 11) is 1.66. The normalized spacial score (nSPS) is 17.8. The van der Waals surface area contributed by atoms with Crippen LogP contribution in [0, 0.1) is 5.92 Å². The Kier molecular flexibility index (Phi) is 4.83. The van der Waals surface area contributed by atoms with Gasteiger partial charge in [-0.3, -0.25) is 4.79 Å². The van der Waals surface area contributed by atoms with Gasteiger partial charge in [0.25, 0.3) is 0 Å². The Balaban J connectivity index is 1.95. The van der Waals surface area contributed by atoms with Gasteiger partial charge in [-0.25, -0.2) is 0 Å². The highest BCUT2D eigenvalue weighted by molar-refractivity contribution is 5.79. The number of nitrogens with one attached hydrogen (secondary N) is 1. The van der Waals surface area contributed by atoms with E-state index in [4.69, 9.17) is 4.74 Å². The van der Waals surface area contributed by atoms with Crippen LogP contribution in [0.1, 0.15) is 50.6 Å². The van der Waals surface area contributed by atoms with Crippen molar-refractivity contribution >= 4 is 5.91 Å². The standard InChI is InChI=1S/C16H23NO2/c1-12(14-9-6-10-15(11-14)19-2)17-16(18)13-7-4-3-5-8-13/h6,9-13H,3-5,7-8H2,1-2H3,(H,17,18)/t12-/m1/s1. The van der Waals surface area contributed by atoms with Crippen molar-refractivity contribution in [3.8, 4) is 5.75 Å². The molecule has 1 aliphatic rings. The van der Waals surface area contributed by atoms with E-state index in [1.807, 2.05) is 31.2 Å². The molecule has 104 valence electrons. The number of carbonyl (C=O) groups is 1. The van der Waals surface area contributed by atoms with Crippen LogP contribution in [-0.4, -0.2) is 13.0 Å². The minimum Gasteiger partial charge on any atom is -0.497 e. The van der Waals surface area contributed by atoms with E-state index < -0.39 is 0 Å². The zero-order valence-electron chi connectivity index (χ0n) is 11.8. The van der Waals surface area contributed by atoms with Crippen LogP contribution in [0.25, 0.3) is 0 Å². The summed E-state index contributed by atoms with van der Waals surface area (Å²) in [5.74, 6) is 1.24. The van der Waals surface area contributed by atoms with E-state index in [1.54, 1.807) is 7.11 Å². The highest BCUT2D eigenvalue weighted by Gasteiger charge is 2.22. The van der Waals surface area contributed by atoms with Crippen LogP contribution < -0.4 is 10.1 Å². The van der Waals surface area contributed by atoms with Gasteiger partial charge < -0.3 is 10.1 Å². The van der Waals surface area contributed by atoms with Crippen molar-refractivity contribution in [2.24, 2.45) is 5.92 Å². The summed E-state index contributed by atoms with van der Waals surface area (Å²) in [6.45, 7) is 2.02. The van der Waals surface area contributed by atoms with Crippen molar-refractivity contribution < 1.29 is 9.53 Å². The Morgan fingerprint density at radius 3 is 2.74 bits per heavy atom. The largest absolute Gasteiger partial charge is 0.497 e. The molecule has 1 aliphatic carbocycles. The van der Waals surface area contributed by atoms with Gasteiger partial charge in [-0.1, -0.05) is 31.4 Å². The van der Waals surface area contributed by atoms with Gasteiger partial charge in [0.05, 0.1) is 13.2 Å². The first-order valence-electron chi connectivity index (χ1n) is 7.15. The van der Waals surface area contributed by atoms with Gasteiger partial charge in [-0.15, -0.1) is 0 Å². The monoisotopic (exact) mass is 261 g/mol. The van der Waals surface area contributed by atoms with Crippen LogP contribution in [0.5, 0.6) is 5.75 Å². The maximum atomic E-state index is 12.2. The third-order valence-corrected chi connectivity index (χ3v) is 3.93. The van der Waals surface area contributed by atoms with Crippen molar-refractivity contribution in [2.45, 2.75) is 45.1 Å². The first-order chi connectivity index (χ1) is 9.20. The molecule has 0 spiro atoms. The minimum absolute atomic E-state index is 0.0320. The van der Waals surface area contributed by atoms with Gasteiger partial charge in [0, 0.05) is 5.92 Å². The van der Waals surface area contributed by atoms with Gasteiger partial charge in [0.2, 0.25) is 5.91 Å². The fourth-order valence-corrected chi connectivity index (χ4v) is 2.69. The molecule has 1 amide bonds. The van der Waals surface area contributed by atoms with Crippen LogP contribution >= 0.6 is 0 Å². The molecule has 0 aromatic heterocycles. The van der Waals surface area contributed by atoms with Gasteiger partial charge >= 0.3 is 0 Å². The molecule has 0 heterocycles. The predicted molar refractivity (Wildman–Crippen MR) is 76.1 cm³/mol. The van der Waals surface area contributed by atoms with E-state index in [9.17, 15) is 4.79 Å². The number of amides is 1. The van der Waals surface area contributed by atoms with Crippen LogP contribution in [0.2, 0.25) is 0 Å². The highest BCUT2D eigenvalue weighted by atomic mass is 16.5. The second kappa shape index (κ2) is 6.60. The Labute approximate surface area is 115 Å². The number of carbonyl (C=O) groups excluding carboxylic acids is 1. The Hall–Kier alpha value is -1.51. The van der Waals surface area contributed by atoms with Gasteiger partial charge in [-0.2, -0.15) is 0 Å². The molecule has 1 fully saturated rings. The second-order valence-electron chi connectivity index (χ2n) is 5.34. The van der Waals surface area contributed by atoms with Crippen molar-refractivity contribution in [3.05, 3.63) is 29.8 Å².